The average Bonchev–Trinajstić information content (AvgIpc) is 3.18. The number of rotatable bonds is 7. The van der Waals surface area contributed by atoms with Crippen LogP contribution in [0.25, 0.3) is 22.4 Å². The van der Waals surface area contributed by atoms with Crippen LogP contribution in [-0.2, 0) is 17.8 Å². The van der Waals surface area contributed by atoms with Crippen molar-refractivity contribution >= 4 is 23.2 Å². The molecule has 7 heteroatoms. The molecule has 0 atom stereocenters. The standard InChI is InChI=1S/C24H19N5O2/c25-16-17-4-3-5-18(14-17)23-28-21-15-19(7-8-22(21)29(23)12-13-30)24(31)27-11-9-20-6-1-2-10-26-20/h1-8,10,13-15H,9,11-12H2,(H,27,31). The number of nitrogens with one attached hydrogen (secondary N) is 1. The van der Waals surface area contributed by atoms with Gasteiger partial charge in [-0.05, 0) is 42.5 Å². The third-order valence-electron chi connectivity index (χ3n) is 4.91. The molecule has 0 fully saturated rings. The maximum Gasteiger partial charge on any atom is 0.251 e. The van der Waals surface area contributed by atoms with Crippen molar-refractivity contribution in [2.45, 2.75) is 13.0 Å². The van der Waals surface area contributed by atoms with Crippen molar-refractivity contribution in [2.24, 2.45) is 0 Å². The molecule has 2 aromatic carbocycles. The second kappa shape index (κ2) is 9.01. The Hall–Kier alpha value is -4.31. The third kappa shape index (κ3) is 4.33. The van der Waals surface area contributed by atoms with E-state index in [4.69, 9.17) is 0 Å². The van der Waals surface area contributed by atoms with Gasteiger partial charge in [0.05, 0.1) is 29.2 Å². The zero-order valence-electron chi connectivity index (χ0n) is 16.7. The molecule has 0 aliphatic carbocycles. The van der Waals surface area contributed by atoms with Crippen molar-refractivity contribution in [1.82, 2.24) is 19.9 Å². The molecule has 152 valence electrons. The molecule has 0 radical (unpaired) electrons. The Bertz CT molecular complexity index is 1290. The van der Waals surface area contributed by atoms with Gasteiger partial charge in [0, 0.05) is 36.0 Å². The Kier molecular flexibility index (Phi) is 5.81. The minimum atomic E-state index is -0.198. The molecular formula is C24H19N5O2. The van der Waals surface area contributed by atoms with Crippen LogP contribution >= 0.6 is 0 Å². The van der Waals surface area contributed by atoms with Crippen LogP contribution in [0.15, 0.2) is 66.9 Å². The molecule has 7 nitrogen and oxygen atoms in total. The molecule has 0 bridgehead atoms. The van der Waals surface area contributed by atoms with E-state index in [1.165, 1.54) is 0 Å². The second-order valence-corrected chi connectivity index (χ2v) is 6.94. The van der Waals surface area contributed by atoms with Crippen LogP contribution in [0, 0.1) is 11.3 Å². The first kappa shape index (κ1) is 20.0. The Labute approximate surface area is 179 Å². The van der Waals surface area contributed by atoms with Crippen molar-refractivity contribution in [2.75, 3.05) is 6.54 Å². The Morgan fingerprint density at radius 1 is 1.13 bits per heavy atom. The number of pyridine rings is 1. The summed E-state index contributed by atoms with van der Waals surface area (Å²) in [6.07, 6.45) is 3.17. The van der Waals surface area contributed by atoms with E-state index in [0.717, 1.165) is 23.1 Å². The van der Waals surface area contributed by atoms with Crippen LogP contribution in [0.5, 0.6) is 0 Å². The lowest BCUT2D eigenvalue weighted by Crippen LogP contribution is -2.25. The number of amides is 1. The van der Waals surface area contributed by atoms with Gasteiger partial charge in [0.1, 0.15) is 12.1 Å². The third-order valence-corrected chi connectivity index (χ3v) is 4.91. The lowest BCUT2D eigenvalue weighted by atomic mass is 10.1. The van der Waals surface area contributed by atoms with E-state index in [9.17, 15) is 14.9 Å². The summed E-state index contributed by atoms with van der Waals surface area (Å²) in [5.41, 5.74) is 4.00. The summed E-state index contributed by atoms with van der Waals surface area (Å²) < 4.78 is 1.78. The molecule has 2 heterocycles. The van der Waals surface area contributed by atoms with E-state index < -0.39 is 0 Å². The first-order chi connectivity index (χ1) is 15.2. The molecule has 4 rings (SSSR count). The van der Waals surface area contributed by atoms with Crippen LogP contribution < -0.4 is 5.32 Å². The normalized spacial score (nSPS) is 10.5. The lowest BCUT2D eigenvalue weighted by molar-refractivity contribution is -0.108. The van der Waals surface area contributed by atoms with Gasteiger partial charge >= 0.3 is 0 Å². The predicted molar refractivity (Wildman–Crippen MR) is 116 cm³/mol. The number of nitrogens with zero attached hydrogens (tertiary/aromatic N) is 4. The second-order valence-electron chi connectivity index (χ2n) is 6.94. The number of hydrogen-bond acceptors (Lipinski definition) is 5. The molecule has 0 unspecified atom stereocenters. The van der Waals surface area contributed by atoms with Gasteiger partial charge in [0.2, 0.25) is 0 Å². The van der Waals surface area contributed by atoms with E-state index in [0.29, 0.717) is 35.4 Å². The van der Waals surface area contributed by atoms with Gasteiger partial charge in [-0.2, -0.15) is 5.26 Å². The quantitative estimate of drug-likeness (QED) is 0.473. The van der Waals surface area contributed by atoms with Gasteiger partial charge in [-0.25, -0.2) is 4.98 Å². The van der Waals surface area contributed by atoms with Crippen LogP contribution in [0.3, 0.4) is 0 Å². The SMILES string of the molecule is N#Cc1cccc(-c2nc3cc(C(=O)NCCc4ccccn4)ccc3n2CC=O)c1. The Morgan fingerprint density at radius 2 is 2.03 bits per heavy atom. The summed E-state index contributed by atoms with van der Waals surface area (Å²) in [4.78, 5) is 32.8. The first-order valence-corrected chi connectivity index (χ1v) is 9.82. The number of aromatic nitrogens is 3. The highest BCUT2D eigenvalue weighted by molar-refractivity contribution is 5.98. The van der Waals surface area contributed by atoms with E-state index in [2.05, 4.69) is 21.4 Å². The smallest absolute Gasteiger partial charge is 0.251 e. The summed E-state index contributed by atoms with van der Waals surface area (Å²) in [6, 6.07) is 20.1. The molecule has 1 amide bonds. The Balaban J connectivity index is 1.60. The van der Waals surface area contributed by atoms with E-state index >= 15 is 0 Å². The van der Waals surface area contributed by atoms with E-state index in [1.54, 1.807) is 47.2 Å². The largest absolute Gasteiger partial charge is 0.352 e. The number of benzene rings is 2. The first-order valence-electron chi connectivity index (χ1n) is 9.82. The summed E-state index contributed by atoms with van der Waals surface area (Å²) in [5, 5.41) is 12.1. The zero-order valence-corrected chi connectivity index (χ0v) is 16.7. The fraction of sp³-hybridized carbons (Fsp3) is 0.125. The van der Waals surface area contributed by atoms with Crippen LogP contribution in [-0.4, -0.2) is 33.3 Å². The van der Waals surface area contributed by atoms with Gasteiger partial charge in [-0.1, -0.05) is 18.2 Å². The molecule has 0 aliphatic rings. The molecule has 0 aliphatic heterocycles. The minimum Gasteiger partial charge on any atom is -0.352 e. The van der Waals surface area contributed by atoms with Gasteiger partial charge in [0.25, 0.3) is 5.91 Å². The van der Waals surface area contributed by atoms with Crippen LogP contribution in [0.1, 0.15) is 21.6 Å². The number of carbonyl (C=O) groups excluding carboxylic acids is 2. The number of aldehydes is 1. The fourth-order valence-electron chi connectivity index (χ4n) is 3.43. The van der Waals surface area contributed by atoms with Gasteiger partial charge < -0.3 is 14.7 Å². The van der Waals surface area contributed by atoms with Crippen molar-refractivity contribution in [1.29, 1.82) is 5.26 Å². The highest BCUT2D eigenvalue weighted by Gasteiger charge is 2.15. The summed E-state index contributed by atoms with van der Waals surface area (Å²) in [6.45, 7) is 0.595. The van der Waals surface area contributed by atoms with Crippen LogP contribution in [0.4, 0.5) is 0 Å². The highest BCUT2D eigenvalue weighted by atomic mass is 16.1. The van der Waals surface area contributed by atoms with Gasteiger partial charge in [-0.3, -0.25) is 9.78 Å². The van der Waals surface area contributed by atoms with Crippen molar-refractivity contribution in [3.8, 4) is 17.5 Å². The molecule has 2 aromatic heterocycles. The fourth-order valence-corrected chi connectivity index (χ4v) is 3.43. The zero-order chi connectivity index (χ0) is 21.6. The van der Waals surface area contributed by atoms with E-state index in [1.807, 2.05) is 24.3 Å². The maximum absolute atomic E-state index is 12.6. The number of carbonyl (C=O) groups is 2. The molecule has 0 saturated heterocycles. The maximum atomic E-state index is 12.6. The minimum absolute atomic E-state index is 0.123. The molecule has 0 spiro atoms. The molecule has 4 aromatic rings. The molecule has 31 heavy (non-hydrogen) atoms. The number of imidazole rings is 1. The predicted octanol–water partition coefficient (Wildman–Crippen LogP) is 3.14. The summed E-state index contributed by atoms with van der Waals surface area (Å²) in [5.74, 6) is 0.378. The van der Waals surface area contributed by atoms with Crippen LogP contribution in [0.2, 0.25) is 0 Å². The van der Waals surface area contributed by atoms with Gasteiger partial charge in [0.15, 0.2) is 0 Å². The molecular weight excluding hydrogens is 390 g/mol. The molecule has 1 N–H and O–H groups in total. The number of hydrogen-bond donors (Lipinski definition) is 1. The van der Waals surface area contributed by atoms with E-state index in [-0.39, 0.29) is 12.5 Å². The highest BCUT2D eigenvalue weighted by Crippen LogP contribution is 2.26. The van der Waals surface area contributed by atoms with Gasteiger partial charge in [-0.15, -0.1) is 0 Å². The molecule has 0 saturated carbocycles. The van der Waals surface area contributed by atoms with Crippen molar-refractivity contribution < 1.29 is 9.59 Å². The van der Waals surface area contributed by atoms with Crippen molar-refractivity contribution in [3.63, 3.8) is 0 Å². The van der Waals surface area contributed by atoms with Crippen molar-refractivity contribution in [3.05, 3.63) is 83.7 Å². The number of nitriles is 1. The number of fused-ring (bicyclic) bond motifs is 1. The lowest BCUT2D eigenvalue weighted by Gasteiger charge is -2.07. The summed E-state index contributed by atoms with van der Waals surface area (Å²) >= 11 is 0. The summed E-state index contributed by atoms with van der Waals surface area (Å²) in [7, 11) is 0. The topological polar surface area (TPSA) is 101 Å². The monoisotopic (exact) mass is 409 g/mol. The average molecular weight is 409 g/mol. The Morgan fingerprint density at radius 3 is 2.81 bits per heavy atom.